The van der Waals surface area contributed by atoms with Crippen molar-refractivity contribution in [3.05, 3.63) is 59.7 Å². The maximum absolute atomic E-state index is 3.57. The van der Waals surface area contributed by atoms with E-state index in [1.54, 1.807) is 0 Å². The Balaban J connectivity index is 1.76. The monoisotopic (exact) mass is 266 g/mol. The molecule has 1 heterocycles. The number of anilines is 2. The number of benzene rings is 2. The van der Waals surface area contributed by atoms with Crippen LogP contribution in [-0.2, 0) is 6.54 Å². The lowest BCUT2D eigenvalue weighted by atomic mass is 10.1. The van der Waals surface area contributed by atoms with Crippen LogP contribution < -0.4 is 10.2 Å². The fourth-order valence-electron chi connectivity index (χ4n) is 2.89. The molecule has 0 aliphatic carbocycles. The predicted molar refractivity (Wildman–Crippen MR) is 86.4 cm³/mol. The molecule has 1 saturated heterocycles. The van der Waals surface area contributed by atoms with Crippen molar-refractivity contribution in [2.24, 2.45) is 0 Å². The van der Waals surface area contributed by atoms with E-state index in [1.165, 1.54) is 48.4 Å². The third-order valence-corrected chi connectivity index (χ3v) is 4.05. The van der Waals surface area contributed by atoms with Gasteiger partial charge in [0.2, 0.25) is 0 Å². The van der Waals surface area contributed by atoms with Crippen LogP contribution in [0.4, 0.5) is 11.4 Å². The van der Waals surface area contributed by atoms with Gasteiger partial charge in [0.15, 0.2) is 0 Å². The second-order valence-electron chi connectivity index (χ2n) is 5.49. The molecule has 0 aromatic heterocycles. The van der Waals surface area contributed by atoms with Crippen molar-refractivity contribution in [2.45, 2.75) is 26.3 Å². The van der Waals surface area contributed by atoms with Crippen LogP contribution in [0.1, 0.15) is 24.0 Å². The maximum atomic E-state index is 3.57. The Morgan fingerprint density at radius 1 is 0.950 bits per heavy atom. The summed E-state index contributed by atoms with van der Waals surface area (Å²) in [7, 11) is 0. The highest BCUT2D eigenvalue weighted by Gasteiger charge is 2.14. The van der Waals surface area contributed by atoms with Gasteiger partial charge in [-0.2, -0.15) is 0 Å². The lowest BCUT2D eigenvalue weighted by Gasteiger charge is -2.22. The Kier molecular flexibility index (Phi) is 3.91. The summed E-state index contributed by atoms with van der Waals surface area (Å²) in [6, 6.07) is 17.2. The average molecular weight is 266 g/mol. The molecule has 0 radical (unpaired) electrons. The first-order valence-electron chi connectivity index (χ1n) is 7.47. The highest BCUT2D eigenvalue weighted by molar-refractivity contribution is 5.57. The number of hydrogen-bond acceptors (Lipinski definition) is 2. The van der Waals surface area contributed by atoms with Gasteiger partial charge in [-0.15, -0.1) is 0 Å². The summed E-state index contributed by atoms with van der Waals surface area (Å²) in [6.07, 6.45) is 2.64. The second kappa shape index (κ2) is 6.00. The van der Waals surface area contributed by atoms with Crippen molar-refractivity contribution in [3.63, 3.8) is 0 Å². The van der Waals surface area contributed by atoms with Gasteiger partial charge in [0.25, 0.3) is 0 Å². The van der Waals surface area contributed by atoms with Crippen molar-refractivity contribution >= 4 is 11.4 Å². The molecule has 2 heteroatoms. The smallest absolute Gasteiger partial charge is 0.0421 e. The summed E-state index contributed by atoms with van der Waals surface area (Å²) < 4.78 is 0. The summed E-state index contributed by atoms with van der Waals surface area (Å²) in [6.45, 7) is 5.43. The molecule has 0 atom stereocenters. The zero-order valence-electron chi connectivity index (χ0n) is 12.1. The fraction of sp³-hybridized carbons (Fsp3) is 0.333. The Morgan fingerprint density at radius 2 is 1.65 bits per heavy atom. The lowest BCUT2D eigenvalue weighted by molar-refractivity contribution is 0.949. The number of para-hydroxylation sites is 2. The molecule has 104 valence electrons. The van der Waals surface area contributed by atoms with Crippen LogP contribution in [0.15, 0.2) is 48.5 Å². The van der Waals surface area contributed by atoms with Gasteiger partial charge in [-0.1, -0.05) is 36.4 Å². The van der Waals surface area contributed by atoms with E-state index in [-0.39, 0.29) is 0 Å². The van der Waals surface area contributed by atoms with Gasteiger partial charge in [0.05, 0.1) is 0 Å². The van der Waals surface area contributed by atoms with Gasteiger partial charge in [-0.25, -0.2) is 0 Å². The van der Waals surface area contributed by atoms with E-state index < -0.39 is 0 Å². The lowest BCUT2D eigenvalue weighted by Crippen LogP contribution is -2.20. The number of aryl methyl sites for hydroxylation is 1. The van der Waals surface area contributed by atoms with Gasteiger partial charge in [0, 0.05) is 31.0 Å². The van der Waals surface area contributed by atoms with E-state index in [4.69, 9.17) is 0 Å². The van der Waals surface area contributed by atoms with E-state index in [0.717, 1.165) is 6.54 Å². The van der Waals surface area contributed by atoms with Crippen molar-refractivity contribution in [1.29, 1.82) is 0 Å². The van der Waals surface area contributed by atoms with Crippen LogP contribution in [0.2, 0.25) is 0 Å². The molecule has 1 aliphatic heterocycles. The minimum Gasteiger partial charge on any atom is -0.381 e. The summed E-state index contributed by atoms with van der Waals surface area (Å²) in [5.41, 5.74) is 5.30. The van der Waals surface area contributed by atoms with E-state index in [9.17, 15) is 0 Å². The van der Waals surface area contributed by atoms with Crippen LogP contribution in [0.25, 0.3) is 0 Å². The minimum atomic E-state index is 0.886. The zero-order valence-corrected chi connectivity index (χ0v) is 12.1. The zero-order chi connectivity index (χ0) is 13.8. The molecule has 1 aliphatic rings. The molecule has 2 aromatic rings. The van der Waals surface area contributed by atoms with Crippen LogP contribution in [0.5, 0.6) is 0 Å². The maximum Gasteiger partial charge on any atom is 0.0421 e. The Hall–Kier alpha value is -1.96. The Morgan fingerprint density at radius 3 is 2.45 bits per heavy atom. The molecule has 1 N–H and O–H groups in total. The third kappa shape index (κ3) is 2.79. The topological polar surface area (TPSA) is 15.3 Å². The largest absolute Gasteiger partial charge is 0.381 e. The molecule has 0 spiro atoms. The number of nitrogens with zero attached hydrogens (tertiary/aromatic N) is 1. The Labute approximate surface area is 121 Å². The first-order chi connectivity index (χ1) is 9.84. The van der Waals surface area contributed by atoms with Gasteiger partial charge in [0.1, 0.15) is 0 Å². The highest BCUT2D eigenvalue weighted by Crippen LogP contribution is 2.25. The standard InChI is InChI=1S/C18H22N2/c1-15-8-2-4-10-17(15)19-14-16-9-3-5-11-18(16)20-12-6-7-13-20/h2-5,8-11,19H,6-7,12-14H2,1H3. The van der Waals surface area contributed by atoms with E-state index >= 15 is 0 Å². The molecular weight excluding hydrogens is 244 g/mol. The minimum absolute atomic E-state index is 0.886. The molecule has 0 bridgehead atoms. The summed E-state index contributed by atoms with van der Waals surface area (Å²) in [5.74, 6) is 0. The molecule has 3 rings (SSSR count). The third-order valence-electron chi connectivity index (χ3n) is 4.05. The van der Waals surface area contributed by atoms with E-state index in [1.807, 2.05) is 0 Å². The van der Waals surface area contributed by atoms with E-state index in [0.29, 0.717) is 0 Å². The van der Waals surface area contributed by atoms with Crippen LogP contribution in [0, 0.1) is 6.92 Å². The predicted octanol–water partition coefficient (Wildman–Crippen LogP) is 4.21. The van der Waals surface area contributed by atoms with Crippen molar-refractivity contribution in [3.8, 4) is 0 Å². The quantitative estimate of drug-likeness (QED) is 0.892. The molecule has 20 heavy (non-hydrogen) atoms. The molecular formula is C18H22N2. The first kappa shape index (κ1) is 13.0. The number of nitrogens with one attached hydrogen (secondary N) is 1. The van der Waals surface area contributed by atoms with E-state index in [2.05, 4.69) is 65.7 Å². The number of rotatable bonds is 4. The molecule has 2 aromatic carbocycles. The van der Waals surface area contributed by atoms with Crippen molar-refractivity contribution < 1.29 is 0 Å². The summed E-state index contributed by atoms with van der Waals surface area (Å²) >= 11 is 0. The first-order valence-corrected chi connectivity index (χ1v) is 7.47. The second-order valence-corrected chi connectivity index (χ2v) is 5.49. The normalized spacial score (nSPS) is 14.6. The molecule has 0 saturated carbocycles. The van der Waals surface area contributed by atoms with Crippen molar-refractivity contribution in [2.75, 3.05) is 23.3 Å². The molecule has 0 amide bonds. The van der Waals surface area contributed by atoms with Crippen LogP contribution >= 0.6 is 0 Å². The average Bonchev–Trinajstić information content (AvgIpc) is 3.01. The Bertz CT molecular complexity index is 571. The molecule has 1 fully saturated rings. The fourth-order valence-corrected chi connectivity index (χ4v) is 2.89. The summed E-state index contributed by atoms with van der Waals surface area (Å²) in [4.78, 5) is 2.51. The molecule has 0 unspecified atom stereocenters. The SMILES string of the molecule is Cc1ccccc1NCc1ccccc1N1CCCC1. The molecule has 2 nitrogen and oxygen atoms in total. The van der Waals surface area contributed by atoms with Crippen molar-refractivity contribution in [1.82, 2.24) is 0 Å². The van der Waals surface area contributed by atoms with Crippen LogP contribution in [0.3, 0.4) is 0 Å². The van der Waals surface area contributed by atoms with Gasteiger partial charge >= 0.3 is 0 Å². The van der Waals surface area contributed by atoms with Gasteiger partial charge in [-0.3, -0.25) is 0 Å². The van der Waals surface area contributed by atoms with Crippen LogP contribution in [-0.4, -0.2) is 13.1 Å². The summed E-state index contributed by atoms with van der Waals surface area (Å²) in [5, 5.41) is 3.57. The number of hydrogen-bond donors (Lipinski definition) is 1. The van der Waals surface area contributed by atoms with Gasteiger partial charge < -0.3 is 10.2 Å². The highest BCUT2D eigenvalue weighted by atomic mass is 15.1. The van der Waals surface area contributed by atoms with Gasteiger partial charge in [-0.05, 0) is 43.0 Å².